The van der Waals surface area contributed by atoms with Gasteiger partial charge in [0.05, 0.1) is 5.02 Å². The molecular weight excluding hydrogens is 580 g/mol. The molecule has 0 saturated heterocycles. The summed E-state index contributed by atoms with van der Waals surface area (Å²) in [7, 11) is -2.34. The number of hydrogen-bond donors (Lipinski definition) is 1. The number of nitrogens with zero attached hydrogens (tertiary/aromatic N) is 4. The van der Waals surface area contributed by atoms with Crippen LogP contribution in [0.1, 0.15) is 30.9 Å². The van der Waals surface area contributed by atoms with Crippen LogP contribution in [0.4, 0.5) is 9.52 Å². The molecule has 0 aliphatic heterocycles. The minimum absolute atomic E-state index is 0.0111. The predicted octanol–water partition coefficient (Wildman–Crippen LogP) is 4.38. The fraction of sp³-hybridized carbons (Fsp3) is 0.389. The van der Waals surface area contributed by atoms with Crippen molar-refractivity contribution >= 4 is 60.7 Å². The highest BCUT2D eigenvalue weighted by Crippen LogP contribution is 2.41. The van der Waals surface area contributed by atoms with E-state index in [9.17, 15) is 12.8 Å². The Kier molecular flexibility index (Phi) is 6.70. The zero-order chi connectivity index (χ0) is 22.2. The molecule has 0 unspecified atom stereocenters. The van der Waals surface area contributed by atoms with Gasteiger partial charge in [-0.25, -0.2) is 12.8 Å². The lowest BCUT2D eigenvalue weighted by Gasteiger charge is -2.36. The van der Waals surface area contributed by atoms with Gasteiger partial charge in [0, 0.05) is 34.8 Å². The molecule has 1 aliphatic carbocycles. The third-order valence-corrected chi connectivity index (χ3v) is 8.82. The molecule has 3 atom stereocenters. The summed E-state index contributed by atoms with van der Waals surface area (Å²) in [6.07, 6.45) is 4.38. The van der Waals surface area contributed by atoms with E-state index in [4.69, 9.17) is 16.3 Å². The SMILES string of the molecule is Cn1nccc1[C@H]1CCC[C@H](I)[C@@H]1Oc1cc(F)c(S(=O)(=O)Nc2nncs2)cc1Cl. The van der Waals surface area contributed by atoms with E-state index in [-0.39, 0.29) is 31.9 Å². The van der Waals surface area contributed by atoms with Crippen LogP contribution in [0.3, 0.4) is 0 Å². The Morgan fingerprint density at radius 2 is 2.19 bits per heavy atom. The van der Waals surface area contributed by atoms with Crippen molar-refractivity contribution in [2.45, 2.75) is 40.1 Å². The Morgan fingerprint density at radius 1 is 1.39 bits per heavy atom. The lowest BCUT2D eigenvalue weighted by molar-refractivity contribution is 0.137. The number of anilines is 1. The van der Waals surface area contributed by atoms with E-state index in [1.54, 1.807) is 6.20 Å². The molecule has 31 heavy (non-hydrogen) atoms. The standard InChI is InChI=1S/C18H18ClFIN5O3S2/c1-26-14(5-6-23-26)10-3-2-4-13(21)17(10)29-15-8-12(20)16(7-11(15)19)31(27,28)25-18-24-22-9-30-18/h5-10,13,17H,2-4H2,1H3,(H,24,25)/t10-,13+,17-/m1/s1. The van der Waals surface area contributed by atoms with Gasteiger partial charge >= 0.3 is 0 Å². The molecule has 166 valence electrons. The van der Waals surface area contributed by atoms with E-state index in [2.05, 4.69) is 42.6 Å². The number of rotatable bonds is 6. The number of aromatic nitrogens is 4. The minimum atomic E-state index is -4.22. The Balaban J connectivity index is 1.62. The van der Waals surface area contributed by atoms with Crippen molar-refractivity contribution in [1.29, 1.82) is 0 Å². The van der Waals surface area contributed by atoms with E-state index < -0.39 is 20.7 Å². The van der Waals surface area contributed by atoms with E-state index >= 15 is 0 Å². The van der Waals surface area contributed by atoms with Crippen LogP contribution in [0.15, 0.2) is 34.8 Å². The summed E-state index contributed by atoms with van der Waals surface area (Å²) in [5.41, 5.74) is 2.39. The molecule has 2 heterocycles. The van der Waals surface area contributed by atoms with E-state index in [1.165, 1.54) is 5.51 Å². The molecule has 0 amide bonds. The van der Waals surface area contributed by atoms with Gasteiger partial charge in [-0.05, 0) is 25.0 Å². The molecule has 1 aromatic carbocycles. The van der Waals surface area contributed by atoms with Crippen LogP contribution < -0.4 is 9.46 Å². The second kappa shape index (κ2) is 9.16. The lowest BCUT2D eigenvalue weighted by Crippen LogP contribution is -2.38. The van der Waals surface area contributed by atoms with Crippen LogP contribution in [0.5, 0.6) is 5.75 Å². The first-order valence-electron chi connectivity index (χ1n) is 9.33. The zero-order valence-electron chi connectivity index (χ0n) is 16.2. The highest BCUT2D eigenvalue weighted by atomic mass is 127. The number of nitrogens with one attached hydrogen (secondary N) is 1. The van der Waals surface area contributed by atoms with Gasteiger partial charge in [-0.1, -0.05) is 51.9 Å². The summed E-state index contributed by atoms with van der Waals surface area (Å²) in [4.78, 5) is -0.585. The molecule has 1 fully saturated rings. The van der Waals surface area contributed by atoms with Gasteiger partial charge < -0.3 is 4.74 Å². The van der Waals surface area contributed by atoms with Gasteiger partial charge in [0.25, 0.3) is 10.0 Å². The summed E-state index contributed by atoms with van der Waals surface area (Å²) >= 11 is 9.65. The zero-order valence-corrected chi connectivity index (χ0v) is 20.8. The molecular formula is C18H18ClFIN5O3S2. The molecule has 1 aliphatic rings. The first-order valence-corrected chi connectivity index (χ1v) is 13.3. The molecule has 0 radical (unpaired) electrons. The summed E-state index contributed by atoms with van der Waals surface area (Å²) in [5, 5.41) is 11.5. The quantitative estimate of drug-likeness (QED) is 0.335. The van der Waals surface area contributed by atoms with Gasteiger partial charge in [0.1, 0.15) is 28.1 Å². The minimum Gasteiger partial charge on any atom is -0.487 e. The van der Waals surface area contributed by atoms with E-state index in [0.717, 1.165) is 48.4 Å². The van der Waals surface area contributed by atoms with Gasteiger partial charge in [0.2, 0.25) is 5.13 Å². The van der Waals surface area contributed by atoms with Crippen molar-refractivity contribution in [1.82, 2.24) is 20.0 Å². The van der Waals surface area contributed by atoms with Crippen molar-refractivity contribution < 1.29 is 17.5 Å². The van der Waals surface area contributed by atoms with Crippen molar-refractivity contribution in [2.75, 3.05) is 4.72 Å². The fourth-order valence-corrected chi connectivity index (χ4v) is 6.81. The third kappa shape index (κ3) is 4.81. The molecule has 13 heteroatoms. The number of alkyl halides is 1. The smallest absolute Gasteiger partial charge is 0.266 e. The van der Waals surface area contributed by atoms with Crippen LogP contribution in [0.25, 0.3) is 0 Å². The molecule has 1 saturated carbocycles. The summed E-state index contributed by atoms with van der Waals surface area (Å²) < 4.78 is 50.3. The largest absolute Gasteiger partial charge is 0.487 e. The van der Waals surface area contributed by atoms with Crippen molar-refractivity contribution in [2.24, 2.45) is 7.05 Å². The molecule has 1 N–H and O–H groups in total. The molecule has 4 rings (SSSR count). The summed E-state index contributed by atoms with van der Waals surface area (Å²) in [6, 6.07) is 4.03. The molecule has 0 bridgehead atoms. The number of sulfonamides is 1. The first-order chi connectivity index (χ1) is 14.8. The van der Waals surface area contributed by atoms with Crippen molar-refractivity contribution in [3.63, 3.8) is 0 Å². The molecule has 2 aromatic heterocycles. The average Bonchev–Trinajstić information content (AvgIpc) is 3.37. The van der Waals surface area contributed by atoms with Gasteiger partial charge in [-0.3, -0.25) is 9.40 Å². The van der Waals surface area contributed by atoms with Crippen LogP contribution in [0, 0.1) is 5.82 Å². The number of halogens is 3. The van der Waals surface area contributed by atoms with Gasteiger partial charge in [0.15, 0.2) is 0 Å². The maximum absolute atomic E-state index is 14.8. The third-order valence-electron chi connectivity index (χ3n) is 5.11. The van der Waals surface area contributed by atoms with Crippen LogP contribution in [-0.2, 0) is 17.1 Å². The molecule has 0 spiro atoms. The van der Waals surface area contributed by atoms with E-state index in [0.29, 0.717) is 0 Å². The molecule has 8 nitrogen and oxygen atoms in total. The highest BCUT2D eigenvalue weighted by Gasteiger charge is 2.37. The summed E-state index contributed by atoms with van der Waals surface area (Å²) in [5.74, 6) is -0.797. The summed E-state index contributed by atoms with van der Waals surface area (Å²) in [6.45, 7) is 0. The van der Waals surface area contributed by atoms with E-state index in [1.807, 2.05) is 17.8 Å². The monoisotopic (exact) mass is 597 g/mol. The Morgan fingerprint density at radius 3 is 2.87 bits per heavy atom. The molecule has 3 aromatic rings. The van der Waals surface area contributed by atoms with Crippen LogP contribution in [-0.4, -0.2) is 38.4 Å². The van der Waals surface area contributed by atoms with Gasteiger partial charge in [-0.2, -0.15) is 5.10 Å². The maximum Gasteiger partial charge on any atom is 0.266 e. The highest BCUT2D eigenvalue weighted by molar-refractivity contribution is 14.1. The Bertz CT molecular complexity index is 1180. The average molecular weight is 598 g/mol. The normalized spacial score (nSPS) is 21.7. The number of benzene rings is 1. The fourth-order valence-electron chi connectivity index (χ4n) is 3.67. The maximum atomic E-state index is 14.8. The number of hydrogen-bond acceptors (Lipinski definition) is 7. The lowest BCUT2D eigenvalue weighted by atomic mass is 9.84. The Hall–Kier alpha value is -1.51. The second-order valence-corrected chi connectivity index (χ2v) is 11.6. The number of aryl methyl sites for hydroxylation is 1. The van der Waals surface area contributed by atoms with Gasteiger partial charge in [-0.15, -0.1) is 10.2 Å². The van der Waals surface area contributed by atoms with Crippen LogP contribution in [0.2, 0.25) is 5.02 Å². The predicted molar refractivity (Wildman–Crippen MR) is 124 cm³/mol. The van der Waals surface area contributed by atoms with Crippen molar-refractivity contribution in [3.8, 4) is 5.75 Å². The Labute approximate surface area is 201 Å². The van der Waals surface area contributed by atoms with Crippen molar-refractivity contribution in [3.05, 3.63) is 46.4 Å². The second-order valence-electron chi connectivity index (χ2n) is 7.08. The first kappa shape index (κ1) is 22.7. The number of ether oxygens (including phenoxy) is 1. The van der Waals surface area contributed by atoms with Crippen LogP contribution >= 0.6 is 45.5 Å². The topological polar surface area (TPSA) is 99.0 Å².